The molecule has 0 radical (unpaired) electrons. The summed E-state index contributed by atoms with van der Waals surface area (Å²) in [4.78, 5) is 11.6. The van der Waals surface area contributed by atoms with Crippen LogP contribution in [0.5, 0.6) is 0 Å². The summed E-state index contributed by atoms with van der Waals surface area (Å²) in [6.07, 6.45) is 0. The van der Waals surface area contributed by atoms with Crippen molar-refractivity contribution < 1.29 is 9.36 Å². The number of carbonyl (C=O) groups is 1. The molecule has 14 heavy (non-hydrogen) atoms. The van der Waals surface area contributed by atoms with Crippen molar-refractivity contribution in [2.45, 2.75) is 20.8 Å². The van der Waals surface area contributed by atoms with Gasteiger partial charge in [-0.15, -0.1) is 0 Å². The molecule has 1 unspecified atom stereocenters. The first-order valence-corrected chi connectivity index (χ1v) is 6.17. The molecule has 1 rings (SSSR count). The molecule has 0 aliphatic rings. The molecule has 1 aromatic carbocycles. The van der Waals surface area contributed by atoms with Crippen LogP contribution in [-0.2, 0) is 4.57 Å². The third-order valence-electron chi connectivity index (χ3n) is 2.18. The Hall–Kier alpha value is -1.01. The molecule has 1 aromatic rings. The highest BCUT2D eigenvalue weighted by molar-refractivity contribution is 7.63. The fourth-order valence-corrected chi connectivity index (χ4v) is 2.34. The fraction of sp³-hybridized carbons (Fsp3) is 0.364. The first kappa shape index (κ1) is 11.1. The van der Waals surface area contributed by atoms with E-state index in [-0.39, 0.29) is 5.52 Å². The van der Waals surface area contributed by atoms with Gasteiger partial charge in [-0.2, -0.15) is 0 Å². The van der Waals surface area contributed by atoms with Crippen LogP contribution in [0.15, 0.2) is 12.1 Å². The van der Waals surface area contributed by atoms with E-state index in [9.17, 15) is 9.36 Å². The highest BCUT2D eigenvalue weighted by Gasteiger charge is 2.26. The van der Waals surface area contributed by atoms with E-state index in [1.54, 1.807) is 0 Å². The molecule has 0 saturated carbocycles. The number of hydrogen-bond donors (Lipinski definition) is 0. The van der Waals surface area contributed by atoms with Gasteiger partial charge >= 0.3 is 13.3 Å². The van der Waals surface area contributed by atoms with Gasteiger partial charge in [0.2, 0.25) is 0 Å². The Balaban J connectivity index is 3.35. The summed E-state index contributed by atoms with van der Waals surface area (Å²) in [6, 6.07) is 3.89. The summed E-state index contributed by atoms with van der Waals surface area (Å²) in [5.41, 5.74) is 3.34. The van der Waals surface area contributed by atoms with Crippen LogP contribution >= 0.6 is 7.80 Å². The van der Waals surface area contributed by atoms with Crippen LogP contribution in [0.4, 0.5) is 0 Å². The second-order valence-electron chi connectivity index (χ2n) is 3.58. The molecule has 0 heterocycles. The van der Waals surface area contributed by atoms with Crippen molar-refractivity contribution in [2.24, 2.45) is 0 Å². The summed E-state index contributed by atoms with van der Waals surface area (Å²) >= 11 is 0. The van der Waals surface area contributed by atoms with Crippen LogP contribution in [0.2, 0.25) is 0 Å². The first-order valence-electron chi connectivity index (χ1n) is 4.46. The molecular weight excluding hydrogens is 195 g/mol. The number of benzene rings is 1. The molecule has 0 saturated heterocycles. The largest absolute Gasteiger partial charge is 0.416 e. The van der Waals surface area contributed by atoms with Gasteiger partial charge in [0.25, 0.3) is 0 Å². The normalized spacial score (nSPS) is 11.3. The minimum absolute atomic E-state index is 0.241. The first-order chi connectivity index (χ1) is 6.43. The minimum Gasteiger partial charge on any atom is -0.234 e. The van der Waals surface area contributed by atoms with Gasteiger partial charge in [0, 0.05) is 0 Å². The topological polar surface area (TPSA) is 34.1 Å². The summed E-state index contributed by atoms with van der Waals surface area (Å²) in [6.45, 7) is 7.20. The molecule has 0 aliphatic carbocycles. The molecule has 3 heteroatoms. The van der Waals surface area contributed by atoms with Gasteiger partial charge in [-0.1, -0.05) is 22.3 Å². The molecule has 0 aromatic heterocycles. The van der Waals surface area contributed by atoms with Gasteiger partial charge in [0.1, 0.15) is 6.66 Å². The van der Waals surface area contributed by atoms with E-state index in [2.05, 4.69) is 0 Å². The molecule has 0 fully saturated rings. The molecule has 0 amide bonds. The predicted octanol–water partition coefficient (Wildman–Crippen LogP) is 3.21. The Morgan fingerprint density at radius 1 is 1.14 bits per heavy atom. The van der Waals surface area contributed by atoms with Gasteiger partial charge in [-0.05, 0) is 31.9 Å². The zero-order valence-electron chi connectivity index (χ0n) is 8.92. The lowest BCUT2D eigenvalue weighted by atomic mass is 10.0. The van der Waals surface area contributed by atoms with Crippen LogP contribution in [0.1, 0.15) is 27.0 Å². The molecular formula is C11H14O2P+. The van der Waals surface area contributed by atoms with Gasteiger partial charge in [0.15, 0.2) is 0 Å². The number of carbonyl (C=O) groups excluding carboxylic acids is 1. The van der Waals surface area contributed by atoms with Gasteiger partial charge in [0.05, 0.1) is 5.56 Å². The lowest BCUT2D eigenvalue weighted by Gasteiger charge is -2.04. The average Bonchev–Trinajstić information content (AvgIpc) is 2.01. The maximum atomic E-state index is 11.6. The maximum absolute atomic E-state index is 11.6. The van der Waals surface area contributed by atoms with Crippen molar-refractivity contribution in [1.29, 1.82) is 0 Å². The zero-order chi connectivity index (χ0) is 10.9. The zero-order valence-corrected chi connectivity index (χ0v) is 9.81. The maximum Gasteiger partial charge on any atom is 0.416 e. The van der Waals surface area contributed by atoms with Crippen molar-refractivity contribution >= 4 is 13.3 Å². The second-order valence-corrected chi connectivity index (χ2v) is 4.98. The van der Waals surface area contributed by atoms with E-state index in [0.717, 1.165) is 16.7 Å². The van der Waals surface area contributed by atoms with Crippen molar-refractivity contribution in [3.63, 3.8) is 0 Å². The molecule has 2 nitrogen and oxygen atoms in total. The third-order valence-corrected chi connectivity index (χ3v) is 2.97. The average molecular weight is 209 g/mol. The Labute approximate surface area is 85.1 Å². The van der Waals surface area contributed by atoms with Gasteiger partial charge in [-0.3, -0.25) is 0 Å². The molecule has 0 spiro atoms. The number of hydrogen-bond acceptors (Lipinski definition) is 2. The Bertz CT molecular complexity index is 385. The second kappa shape index (κ2) is 4.02. The SMILES string of the molecule is Cc1cc(C)c(C(=O)[P+](C)=O)c(C)c1. The summed E-state index contributed by atoms with van der Waals surface area (Å²) in [5, 5.41) is 0. The smallest absolute Gasteiger partial charge is 0.234 e. The van der Waals surface area contributed by atoms with Crippen molar-refractivity contribution in [3.05, 3.63) is 34.4 Å². The Morgan fingerprint density at radius 3 is 1.93 bits per heavy atom. The van der Waals surface area contributed by atoms with Gasteiger partial charge < -0.3 is 0 Å². The standard InChI is InChI=1S/C11H14O2P/c1-7-5-8(2)10(9(3)6-7)11(12)14(4)13/h5-6H,1-4H3/q+1. The molecule has 74 valence electrons. The molecule has 1 atom stereocenters. The molecule has 0 bridgehead atoms. The van der Waals surface area contributed by atoms with Crippen LogP contribution in [0.3, 0.4) is 0 Å². The predicted molar refractivity (Wildman–Crippen MR) is 58.5 cm³/mol. The Morgan fingerprint density at radius 2 is 1.57 bits per heavy atom. The van der Waals surface area contributed by atoms with E-state index in [0.29, 0.717) is 5.56 Å². The van der Waals surface area contributed by atoms with Crippen LogP contribution in [-0.4, -0.2) is 12.2 Å². The highest BCUT2D eigenvalue weighted by atomic mass is 31.1. The van der Waals surface area contributed by atoms with Crippen molar-refractivity contribution in [1.82, 2.24) is 0 Å². The summed E-state index contributed by atoms with van der Waals surface area (Å²) in [5.74, 6) is 0. The fourth-order valence-electron chi connectivity index (χ4n) is 1.67. The summed E-state index contributed by atoms with van der Waals surface area (Å²) in [7, 11) is -1.77. The van der Waals surface area contributed by atoms with E-state index >= 15 is 0 Å². The number of rotatable bonds is 2. The van der Waals surface area contributed by atoms with Crippen molar-refractivity contribution in [2.75, 3.05) is 6.66 Å². The lowest BCUT2D eigenvalue weighted by molar-refractivity contribution is 0.107. The molecule has 0 N–H and O–H groups in total. The van der Waals surface area contributed by atoms with E-state index in [1.165, 1.54) is 6.66 Å². The van der Waals surface area contributed by atoms with Crippen LogP contribution in [0, 0.1) is 20.8 Å². The minimum atomic E-state index is -1.77. The molecule has 0 aliphatic heterocycles. The van der Waals surface area contributed by atoms with Gasteiger partial charge in [-0.25, -0.2) is 4.79 Å². The van der Waals surface area contributed by atoms with Crippen LogP contribution in [0.25, 0.3) is 0 Å². The third kappa shape index (κ3) is 2.08. The Kier molecular flexibility index (Phi) is 3.17. The lowest BCUT2D eigenvalue weighted by Crippen LogP contribution is -2.00. The van der Waals surface area contributed by atoms with E-state index < -0.39 is 7.80 Å². The van der Waals surface area contributed by atoms with Crippen LogP contribution < -0.4 is 0 Å². The quantitative estimate of drug-likeness (QED) is 0.701. The summed E-state index contributed by atoms with van der Waals surface area (Å²) < 4.78 is 11.1. The number of aryl methyl sites for hydroxylation is 3. The monoisotopic (exact) mass is 209 g/mol. The van der Waals surface area contributed by atoms with E-state index in [4.69, 9.17) is 0 Å². The highest BCUT2D eigenvalue weighted by Crippen LogP contribution is 2.27. The van der Waals surface area contributed by atoms with E-state index in [1.807, 2.05) is 32.9 Å². The van der Waals surface area contributed by atoms with Crippen molar-refractivity contribution in [3.8, 4) is 0 Å².